The summed E-state index contributed by atoms with van der Waals surface area (Å²) in [5.74, 6) is -6.21. The summed E-state index contributed by atoms with van der Waals surface area (Å²) in [6.07, 6.45) is -1.44. The fourth-order valence-electron chi connectivity index (χ4n) is 3.90. The first kappa shape index (κ1) is 28.5. The number of aliphatic hydroxyl groups excluding tert-OH is 1. The summed E-state index contributed by atoms with van der Waals surface area (Å²) in [4.78, 5) is 88.4. The van der Waals surface area contributed by atoms with E-state index in [4.69, 9.17) is 5.11 Å². The zero-order chi connectivity index (χ0) is 27.2. The van der Waals surface area contributed by atoms with Gasteiger partial charge in [0.25, 0.3) is 0 Å². The Morgan fingerprint density at radius 3 is 2.19 bits per heavy atom. The van der Waals surface area contributed by atoms with Crippen molar-refractivity contribution in [1.29, 1.82) is 0 Å². The number of rotatable bonds is 3. The van der Waals surface area contributed by atoms with Gasteiger partial charge in [0.1, 0.15) is 30.2 Å². The Morgan fingerprint density at radius 1 is 0.944 bits per heavy atom. The Kier molecular flexibility index (Phi) is 9.72. The number of hydrogen-bond donors (Lipinski definition) is 7. The number of carbonyl (C=O) groups excluding carboxylic acids is 6. The van der Waals surface area contributed by atoms with Gasteiger partial charge >= 0.3 is 5.97 Å². The van der Waals surface area contributed by atoms with E-state index in [1.165, 1.54) is 25.7 Å². The highest BCUT2D eigenvalue weighted by molar-refractivity contribution is 5.98. The van der Waals surface area contributed by atoms with Gasteiger partial charge in [-0.2, -0.15) is 0 Å². The molecule has 6 amide bonds. The molecule has 2 saturated heterocycles. The normalized spacial score (nSPS) is 30.0. The highest BCUT2D eigenvalue weighted by Gasteiger charge is 2.38. The summed E-state index contributed by atoms with van der Waals surface area (Å²) in [5, 5.41) is 30.7. The lowest BCUT2D eigenvalue weighted by Gasteiger charge is -2.30. The second-order valence-corrected chi connectivity index (χ2v) is 8.81. The average Bonchev–Trinajstić information content (AvgIpc) is 3.28. The van der Waals surface area contributed by atoms with Crippen LogP contribution in [0.5, 0.6) is 0 Å². The van der Waals surface area contributed by atoms with Crippen LogP contribution in [0.2, 0.25) is 0 Å². The van der Waals surface area contributed by atoms with Crippen molar-refractivity contribution in [3.8, 4) is 0 Å². The van der Waals surface area contributed by atoms with Crippen molar-refractivity contribution >= 4 is 41.4 Å². The van der Waals surface area contributed by atoms with Crippen molar-refractivity contribution < 1.29 is 43.8 Å². The van der Waals surface area contributed by atoms with E-state index in [2.05, 4.69) is 26.6 Å². The second-order valence-electron chi connectivity index (χ2n) is 8.81. The molecule has 0 spiro atoms. The summed E-state index contributed by atoms with van der Waals surface area (Å²) in [6, 6.07) is -6.31. The van der Waals surface area contributed by atoms with Gasteiger partial charge in [0.15, 0.2) is 0 Å². The number of amides is 6. The molecule has 6 atom stereocenters. The van der Waals surface area contributed by atoms with E-state index >= 15 is 0 Å². The molecule has 15 nitrogen and oxygen atoms in total. The third-order valence-electron chi connectivity index (χ3n) is 5.84. The van der Waals surface area contributed by atoms with Crippen LogP contribution in [0.3, 0.4) is 0 Å². The molecule has 0 bridgehead atoms. The number of aliphatic carboxylic acids is 1. The number of fused-ring (bicyclic) bond motifs is 1. The minimum atomic E-state index is -1.64. The summed E-state index contributed by atoms with van der Waals surface area (Å²) in [6.45, 7) is 3.56. The highest BCUT2D eigenvalue weighted by Crippen LogP contribution is 2.19. The Labute approximate surface area is 206 Å². The molecular formula is C21H32N6O9. The highest BCUT2D eigenvalue weighted by atomic mass is 16.4. The number of hydrogen-bond acceptors (Lipinski definition) is 8. The predicted molar refractivity (Wildman–Crippen MR) is 121 cm³/mol. The quantitative estimate of drug-likeness (QED) is 0.195. The van der Waals surface area contributed by atoms with E-state index in [1.54, 1.807) is 0 Å². The average molecular weight is 513 g/mol. The fourth-order valence-corrected chi connectivity index (χ4v) is 3.90. The van der Waals surface area contributed by atoms with Crippen molar-refractivity contribution in [2.24, 2.45) is 0 Å². The van der Waals surface area contributed by atoms with Gasteiger partial charge in [0.05, 0.1) is 19.1 Å². The SMILES string of the molecule is C[C@@H]1NC(=O)[C@H]2CCCN2C(=O)[C@H](C)NC(=O)[C@H]([C@@H](C)O)NC(=O)[C@H](CC(=O)O)NC(=O)CNC1=O. The molecule has 0 unspecified atom stereocenters. The van der Waals surface area contributed by atoms with Crippen LogP contribution >= 0.6 is 0 Å². The Bertz CT molecular complexity index is 924. The minimum absolute atomic E-state index is 0.241. The maximum atomic E-state index is 13.0. The van der Waals surface area contributed by atoms with Crippen LogP contribution in [0, 0.1) is 0 Å². The van der Waals surface area contributed by atoms with Gasteiger partial charge in [-0.05, 0) is 33.6 Å². The molecule has 0 aromatic rings. The fraction of sp³-hybridized carbons (Fsp3) is 0.667. The Balaban J connectivity index is 2.35. The number of nitrogens with one attached hydrogen (secondary N) is 5. The van der Waals surface area contributed by atoms with Gasteiger partial charge in [0.2, 0.25) is 35.4 Å². The van der Waals surface area contributed by atoms with E-state index in [0.717, 1.165) is 0 Å². The molecule has 0 aliphatic carbocycles. The summed E-state index contributed by atoms with van der Waals surface area (Å²) in [5.41, 5.74) is 0. The monoisotopic (exact) mass is 512 g/mol. The van der Waals surface area contributed by atoms with E-state index in [9.17, 15) is 38.7 Å². The van der Waals surface area contributed by atoms with Crippen molar-refractivity contribution in [2.75, 3.05) is 13.1 Å². The molecular weight excluding hydrogens is 480 g/mol. The smallest absolute Gasteiger partial charge is 0.305 e. The van der Waals surface area contributed by atoms with E-state index in [0.29, 0.717) is 12.8 Å². The molecule has 2 fully saturated rings. The number of carbonyl (C=O) groups is 7. The van der Waals surface area contributed by atoms with Gasteiger partial charge < -0.3 is 41.7 Å². The van der Waals surface area contributed by atoms with Crippen LogP contribution in [0.1, 0.15) is 40.0 Å². The lowest BCUT2D eigenvalue weighted by molar-refractivity contribution is -0.143. The van der Waals surface area contributed by atoms with E-state index < -0.39 is 90.7 Å². The summed E-state index contributed by atoms with van der Waals surface area (Å²) in [7, 11) is 0. The van der Waals surface area contributed by atoms with E-state index in [1.807, 2.05) is 0 Å². The maximum absolute atomic E-state index is 13.0. The number of carboxylic acid groups (broad SMARTS) is 1. The van der Waals surface area contributed by atoms with Crippen LogP contribution in [-0.2, 0) is 33.6 Å². The Morgan fingerprint density at radius 2 is 1.58 bits per heavy atom. The van der Waals surface area contributed by atoms with Gasteiger partial charge in [-0.3, -0.25) is 33.6 Å². The molecule has 7 N–H and O–H groups in total. The number of carboxylic acids is 1. The molecule has 15 heteroatoms. The predicted octanol–water partition coefficient (Wildman–Crippen LogP) is -4.06. The molecule has 0 radical (unpaired) electrons. The summed E-state index contributed by atoms with van der Waals surface area (Å²) < 4.78 is 0. The van der Waals surface area contributed by atoms with Crippen molar-refractivity contribution in [3.05, 3.63) is 0 Å². The van der Waals surface area contributed by atoms with E-state index in [-0.39, 0.29) is 6.54 Å². The molecule has 2 aliphatic rings. The minimum Gasteiger partial charge on any atom is -0.481 e. The molecule has 0 aromatic carbocycles. The molecule has 0 aromatic heterocycles. The molecule has 36 heavy (non-hydrogen) atoms. The van der Waals surface area contributed by atoms with Gasteiger partial charge in [0, 0.05) is 6.54 Å². The van der Waals surface area contributed by atoms with Crippen LogP contribution in [0.25, 0.3) is 0 Å². The van der Waals surface area contributed by atoms with Crippen LogP contribution < -0.4 is 26.6 Å². The first-order valence-electron chi connectivity index (χ1n) is 11.5. The standard InChI is InChI=1S/C21H32N6O9/c1-9-17(32)22-8-14(29)25-12(7-15(30)31)18(33)26-16(11(3)28)20(35)24-10(2)21(36)27-6-4-5-13(27)19(34)23-9/h9-13,16,28H,4-8H2,1-3H3,(H,22,32)(H,23,34)(H,24,35)(H,25,29)(H,26,33)(H,30,31)/t9-,10-,11+,12-,13+,16-/m0/s1. The van der Waals surface area contributed by atoms with Gasteiger partial charge in [-0.25, -0.2) is 0 Å². The third kappa shape index (κ3) is 7.37. The second kappa shape index (κ2) is 12.3. The van der Waals surface area contributed by atoms with Gasteiger partial charge in [-0.1, -0.05) is 0 Å². The van der Waals surface area contributed by atoms with Crippen molar-refractivity contribution in [1.82, 2.24) is 31.5 Å². The lowest BCUT2D eigenvalue weighted by Crippen LogP contribution is -2.61. The largest absolute Gasteiger partial charge is 0.481 e. The number of nitrogens with zero attached hydrogens (tertiary/aromatic N) is 1. The van der Waals surface area contributed by atoms with Crippen molar-refractivity contribution in [2.45, 2.75) is 76.3 Å². The van der Waals surface area contributed by atoms with Crippen molar-refractivity contribution in [3.63, 3.8) is 0 Å². The first-order chi connectivity index (χ1) is 16.8. The topological polar surface area (TPSA) is 223 Å². The van der Waals surface area contributed by atoms with Crippen LogP contribution in [0.15, 0.2) is 0 Å². The first-order valence-corrected chi connectivity index (χ1v) is 11.5. The molecule has 2 heterocycles. The van der Waals surface area contributed by atoms with Crippen LogP contribution in [-0.4, -0.2) is 106 Å². The zero-order valence-electron chi connectivity index (χ0n) is 20.2. The molecule has 2 aliphatic heterocycles. The maximum Gasteiger partial charge on any atom is 0.305 e. The zero-order valence-corrected chi connectivity index (χ0v) is 20.2. The lowest BCUT2D eigenvalue weighted by atomic mass is 10.1. The van der Waals surface area contributed by atoms with Crippen LogP contribution in [0.4, 0.5) is 0 Å². The van der Waals surface area contributed by atoms with Gasteiger partial charge in [-0.15, -0.1) is 0 Å². The third-order valence-corrected chi connectivity index (χ3v) is 5.84. The molecule has 0 saturated carbocycles. The number of aliphatic hydroxyl groups is 1. The summed E-state index contributed by atoms with van der Waals surface area (Å²) >= 11 is 0. The molecule has 2 rings (SSSR count). The molecule has 200 valence electrons. The Hall–Kier alpha value is -3.75.